The molecule has 1 fully saturated rings. The molecule has 4 nitrogen and oxygen atoms in total. The molecule has 1 aromatic carbocycles. The summed E-state index contributed by atoms with van der Waals surface area (Å²) in [5.41, 5.74) is 0.0119. The van der Waals surface area contributed by atoms with Crippen LogP contribution >= 0.6 is 0 Å². The fourth-order valence-electron chi connectivity index (χ4n) is 2.66. The van der Waals surface area contributed by atoms with Crippen LogP contribution in [0.15, 0.2) is 24.3 Å². The lowest BCUT2D eigenvalue weighted by Gasteiger charge is -2.32. The van der Waals surface area contributed by atoms with E-state index >= 15 is 0 Å². The first-order valence-corrected chi connectivity index (χ1v) is 7.24. The Morgan fingerprint density at radius 1 is 1.23 bits per heavy atom. The average molecular weight is 316 g/mol. The second-order valence-electron chi connectivity index (χ2n) is 5.40. The quantitative estimate of drug-likeness (QED) is 0.898. The van der Waals surface area contributed by atoms with Gasteiger partial charge in [-0.1, -0.05) is 12.1 Å². The minimum absolute atomic E-state index is 0.0202. The SMILES string of the molecule is O=C(O)N(CCc1ccc(C(F)(F)F)cc1)C1CCNCC1. The summed E-state index contributed by atoms with van der Waals surface area (Å²) in [4.78, 5) is 12.8. The minimum Gasteiger partial charge on any atom is -0.465 e. The maximum atomic E-state index is 12.5. The van der Waals surface area contributed by atoms with Crippen LogP contribution in [-0.2, 0) is 12.6 Å². The van der Waals surface area contributed by atoms with Crippen molar-refractivity contribution in [2.24, 2.45) is 0 Å². The first-order valence-electron chi connectivity index (χ1n) is 7.24. The highest BCUT2D eigenvalue weighted by Crippen LogP contribution is 2.29. The third kappa shape index (κ3) is 4.37. The molecule has 0 radical (unpaired) electrons. The lowest BCUT2D eigenvalue weighted by Crippen LogP contribution is -2.46. The van der Waals surface area contributed by atoms with Gasteiger partial charge in [-0.3, -0.25) is 0 Å². The number of carboxylic acid groups (broad SMARTS) is 1. The zero-order chi connectivity index (χ0) is 16.2. The van der Waals surface area contributed by atoms with Crippen molar-refractivity contribution in [2.75, 3.05) is 19.6 Å². The Morgan fingerprint density at radius 2 is 1.82 bits per heavy atom. The number of piperidine rings is 1. The molecule has 22 heavy (non-hydrogen) atoms. The molecule has 1 amide bonds. The van der Waals surface area contributed by atoms with Gasteiger partial charge in [0.1, 0.15) is 0 Å². The van der Waals surface area contributed by atoms with Gasteiger partial charge in [-0.25, -0.2) is 4.79 Å². The molecule has 2 N–H and O–H groups in total. The summed E-state index contributed by atoms with van der Waals surface area (Å²) in [6.07, 6.45) is -3.38. The summed E-state index contributed by atoms with van der Waals surface area (Å²) in [5.74, 6) is 0. The standard InChI is InChI=1S/C15H19F3N2O2/c16-15(17,18)12-3-1-11(2-4-12)7-10-20(14(21)22)13-5-8-19-9-6-13/h1-4,13,19H,5-10H2,(H,21,22). The lowest BCUT2D eigenvalue weighted by atomic mass is 10.0. The third-order valence-corrected chi connectivity index (χ3v) is 3.92. The van der Waals surface area contributed by atoms with Crippen molar-refractivity contribution in [3.63, 3.8) is 0 Å². The van der Waals surface area contributed by atoms with Crippen molar-refractivity contribution < 1.29 is 23.1 Å². The molecule has 0 aromatic heterocycles. The van der Waals surface area contributed by atoms with Gasteiger partial charge in [0, 0.05) is 12.6 Å². The summed E-state index contributed by atoms with van der Waals surface area (Å²) in [5, 5.41) is 12.5. The van der Waals surface area contributed by atoms with Crippen molar-refractivity contribution in [1.29, 1.82) is 0 Å². The summed E-state index contributed by atoms with van der Waals surface area (Å²) < 4.78 is 37.5. The average Bonchev–Trinajstić information content (AvgIpc) is 2.48. The fourth-order valence-corrected chi connectivity index (χ4v) is 2.66. The van der Waals surface area contributed by atoms with E-state index in [1.807, 2.05) is 0 Å². The topological polar surface area (TPSA) is 52.6 Å². The van der Waals surface area contributed by atoms with Crippen LogP contribution in [0, 0.1) is 0 Å². The number of halogens is 3. The smallest absolute Gasteiger partial charge is 0.416 e. The summed E-state index contributed by atoms with van der Waals surface area (Å²) in [6, 6.07) is 4.86. The molecule has 122 valence electrons. The molecule has 0 unspecified atom stereocenters. The van der Waals surface area contributed by atoms with Crippen LogP contribution < -0.4 is 5.32 Å². The maximum Gasteiger partial charge on any atom is 0.416 e. The molecular formula is C15H19F3N2O2. The second kappa shape index (κ2) is 7.00. The molecule has 0 spiro atoms. The van der Waals surface area contributed by atoms with Gasteiger partial charge < -0.3 is 15.3 Å². The van der Waals surface area contributed by atoms with Gasteiger partial charge in [-0.05, 0) is 50.0 Å². The van der Waals surface area contributed by atoms with Crippen LogP contribution in [0.3, 0.4) is 0 Å². The maximum absolute atomic E-state index is 12.5. The van der Waals surface area contributed by atoms with E-state index in [-0.39, 0.29) is 6.04 Å². The molecule has 0 aliphatic carbocycles. The number of carbonyl (C=O) groups is 1. The van der Waals surface area contributed by atoms with Crippen molar-refractivity contribution in [2.45, 2.75) is 31.5 Å². The normalized spacial score (nSPS) is 16.5. The van der Waals surface area contributed by atoms with Gasteiger partial charge in [0.05, 0.1) is 5.56 Å². The van der Waals surface area contributed by atoms with Crippen molar-refractivity contribution in [1.82, 2.24) is 10.2 Å². The van der Waals surface area contributed by atoms with E-state index in [2.05, 4.69) is 5.32 Å². The minimum atomic E-state index is -4.35. The largest absolute Gasteiger partial charge is 0.465 e. The predicted octanol–water partition coefficient (Wildman–Crippen LogP) is 2.98. The summed E-state index contributed by atoms with van der Waals surface area (Å²) in [6.45, 7) is 1.87. The monoisotopic (exact) mass is 316 g/mol. The molecule has 0 saturated carbocycles. The van der Waals surface area contributed by atoms with Crippen molar-refractivity contribution >= 4 is 6.09 Å². The van der Waals surface area contributed by atoms with Gasteiger partial charge in [-0.2, -0.15) is 13.2 Å². The van der Waals surface area contributed by atoms with Gasteiger partial charge >= 0.3 is 12.3 Å². The molecule has 1 aromatic rings. The Bertz CT molecular complexity index is 497. The Balaban J connectivity index is 1.95. The molecule has 2 rings (SSSR count). The number of rotatable bonds is 4. The Hall–Kier alpha value is -1.76. The molecule has 1 aliphatic heterocycles. The summed E-state index contributed by atoms with van der Waals surface area (Å²) in [7, 11) is 0. The molecule has 0 atom stereocenters. The van der Waals surface area contributed by atoms with E-state index < -0.39 is 17.8 Å². The van der Waals surface area contributed by atoms with E-state index in [0.29, 0.717) is 18.5 Å². The van der Waals surface area contributed by atoms with Crippen LogP contribution in [0.4, 0.5) is 18.0 Å². The number of nitrogens with one attached hydrogen (secondary N) is 1. The van der Waals surface area contributed by atoms with Crippen LogP contribution in [0.5, 0.6) is 0 Å². The number of hydrogen-bond acceptors (Lipinski definition) is 2. The lowest BCUT2D eigenvalue weighted by molar-refractivity contribution is -0.137. The molecule has 1 heterocycles. The van der Waals surface area contributed by atoms with Crippen LogP contribution in [-0.4, -0.2) is 41.8 Å². The third-order valence-electron chi connectivity index (χ3n) is 3.92. The van der Waals surface area contributed by atoms with E-state index in [1.54, 1.807) is 0 Å². The number of alkyl halides is 3. The Kier molecular flexibility index (Phi) is 5.28. The van der Waals surface area contributed by atoms with Crippen LogP contribution in [0.25, 0.3) is 0 Å². The van der Waals surface area contributed by atoms with Crippen molar-refractivity contribution in [3.05, 3.63) is 35.4 Å². The highest BCUT2D eigenvalue weighted by Gasteiger charge is 2.30. The highest BCUT2D eigenvalue weighted by atomic mass is 19.4. The predicted molar refractivity (Wildman–Crippen MR) is 75.8 cm³/mol. The van der Waals surface area contributed by atoms with Gasteiger partial charge in [0.15, 0.2) is 0 Å². The van der Waals surface area contributed by atoms with Gasteiger partial charge in [0.25, 0.3) is 0 Å². The number of nitrogens with zero attached hydrogens (tertiary/aromatic N) is 1. The van der Waals surface area contributed by atoms with E-state index in [1.165, 1.54) is 17.0 Å². The Morgan fingerprint density at radius 3 is 2.32 bits per heavy atom. The first kappa shape index (κ1) is 16.6. The Labute approximate surface area is 126 Å². The van der Waals surface area contributed by atoms with E-state index in [9.17, 15) is 23.1 Å². The molecule has 7 heteroatoms. The molecular weight excluding hydrogens is 297 g/mol. The molecule has 0 bridgehead atoms. The first-order chi connectivity index (χ1) is 10.4. The zero-order valence-electron chi connectivity index (χ0n) is 12.1. The van der Waals surface area contributed by atoms with Crippen LogP contribution in [0.1, 0.15) is 24.0 Å². The van der Waals surface area contributed by atoms with Crippen LogP contribution in [0.2, 0.25) is 0 Å². The van der Waals surface area contributed by atoms with Gasteiger partial charge in [-0.15, -0.1) is 0 Å². The van der Waals surface area contributed by atoms with E-state index in [4.69, 9.17) is 0 Å². The molecule has 1 saturated heterocycles. The fraction of sp³-hybridized carbons (Fsp3) is 0.533. The highest BCUT2D eigenvalue weighted by molar-refractivity contribution is 5.65. The number of hydrogen-bond donors (Lipinski definition) is 2. The summed E-state index contributed by atoms with van der Waals surface area (Å²) >= 11 is 0. The van der Waals surface area contributed by atoms with Gasteiger partial charge in [0.2, 0.25) is 0 Å². The zero-order valence-corrected chi connectivity index (χ0v) is 12.1. The molecule has 1 aliphatic rings. The second-order valence-corrected chi connectivity index (χ2v) is 5.40. The van der Waals surface area contributed by atoms with E-state index in [0.717, 1.165) is 38.1 Å². The van der Waals surface area contributed by atoms with Crippen molar-refractivity contribution in [3.8, 4) is 0 Å². The number of amides is 1. The number of benzene rings is 1.